The third-order valence-electron chi connectivity index (χ3n) is 11.9. The van der Waals surface area contributed by atoms with Crippen molar-refractivity contribution in [2.24, 2.45) is 35.0 Å². The highest BCUT2D eigenvalue weighted by molar-refractivity contribution is 6.04. The van der Waals surface area contributed by atoms with Crippen LogP contribution in [0.3, 0.4) is 0 Å². The molecule has 9 atom stereocenters. The summed E-state index contributed by atoms with van der Waals surface area (Å²) in [6.45, 7) is 10.7. The van der Waals surface area contributed by atoms with E-state index in [1.807, 2.05) is 13.8 Å². The summed E-state index contributed by atoms with van der Waals surface area (Å²) in [4.78, 5) is 39.2. The van der Waals surface area contributed by atoms with Gasteiger partial charge in [0.15, 0.2) is 11.4 Å². The van der Waals surface area contributed by atoms with E-state index in [-0.39, 0.29) is 31.3 Å². The fourth-order valence-corrected chi connectivity index (χ4v) is 9.72. The number of carbonyl (C=O) groups is 3. The number of ketones is 1. The van der Waals surface area contributed by atoms with Gasteiger partial charge in [-0.1, -0.05) is 98.0 Å². The van der Waals surface area contributed by atoms with Gasteiger partial charge in [0, 0.05) is 43.1 Å². The van der Waals surface area contributed by atoms with E-state index in [0.717, 1.165) is 19.3 Å². The van der Waals surface area contributed by atoms with E-state index in [2.05, 4.69) is 6.92 Å². The quantitative estimate of drug-likeness (QED) is 0.154. The van der Waals surface area contributed by atoms with E-state index in [9.17, 15) is 29.7 Å². The highest BCUT2D eigenvalue weighted by Gasteiger charge is 2.88. The van der Waals surface area contributed by atoms with E-state index in [1.165, 1.54) is 51.9 Å². The molecule has 44 heavy (non-hydrogen) atoms. The average Bonchev–Trinajstić information content (AvgIpc) is 3.38. The van der Waals surface area contributed by atoms with Crippen LogP contribution >= 0.6 is 0 Å². The number of hydrogen-bond acceptors (Lipinski definition) is 8. The van der Waals surface area contributed by atoms with Crippen LogP contribution in [0.5, 0.6) is 0 Å². The summed E-state index contributed by atoms with van der Waals surface area (Å²) in [5.41, 5.74) is -4.90. The number of ether oxygens (including phenoxy) is 2. The highest BCUT2D eigenvalue weighted by Crippen LogP contribution is 2.77. The maximum absolute atomic E-state index is 13.4. The van der Waals surface area contributed by atoms with Crippen molar-refractivity contribution < 1.29 is 39.2 Å². The summed E-state index contributed by atoms with van der Waals surface area (Å²) in [5, 5.41) is 34.9. The molecule has 0 saturated heterocycles. The second kappa shape index (κ2) is 13.5. The van der Waals surface area contributed by atoms with Crippen LogP contribution in [0.15, 0.2) is 11.6 Å². The molecule has 0 aromatic heterocycles. The van der Waals surface area contributed by atoms with E-state index < -0.39 is 63.7 Å². The first-order valence-electron chi connectivity index (χ1n) is 17.4. The van der Waals surface area contributed by atoms with Crippen molar-refractivity contribution in [3.63, 3.8) is 0 Å². The lowest BCUT2D eigenvalue weighted by Crippen LogP contribution is -2.66. The molecular weight excluding hydrogens is 560 g/mol. The number of Topliss-reactive ketones (excluding diaryl/α,β-unsaturated/α-hetero) is 1. The lowest BCUT2D eigenvalue weighted by molar-refractivity contribution is -0.233. The Balaban J connectivity index is 1.49. The lowest BCUT2D eigenvalue weighted by atomic mass is 9.58. The number of esters is 2. The predicted molar refractivity (Wildman–Crippen MR) is 167 cm³/mol. The molecule has 0 spiro atoms. The van der Waals surface area contributed by atoms with Crippen LogP contribution in [0.25, 0.3) is 0 Å². The molecule has 0 aromatic rings. The van der Waals surface area contributed by atoms with E-state index >= 15 is 0 Å². The third kappa shape index (κ3) is 5.92. The van der Waals surface area contributed by atoms with Gasteiger partial charge < -0.3 is 24.8 Å². The van der Waals surface area contributed by atoms with Gasteiger partial charge in [-0.3, -0.25) is 14.4 Å². The Kier molecular flexibility index (Phi) is 10.8. The van der Waals surface area contributed by atoms with Crippen LogP contribution < -0.4 is 0 Å². The Hall–Kier alpha value is -1.77. The van der Waals surface area contributed by atoms with E-state index in [4.69, 9.17) is 9.47 Å². The molecular formula is C36H58O8. The van der Waals surface area contributed by atoms with Gasteiger partial charge in [0.2, 0.25) is 0 Å². The van der Waals surface area contributed by atoms with Gasteiger partial charge in [-0.05, 0) is 43.6 Å². The topological polar surface area (TPSA) is 130 Å². The number of unbranched alkanes of at least 4 members (excludes halogenated alkanes) is 10. The Bertz CT molecular complexity index is 1100. The lowest BCUT2D eigenvalue weighted by Gasteiger charge is -2.53. The van der Waals surface area contributed by atoms with Crippen molar-refractivity contribution in [3.05, 3.63) is 11.6 Å². The summed E-state index contributed by atoms with van der Waals surface area (Å²) in [7, 11) is 0. The van der Waals surface area contributed by atoms with Crippen LogP contribution in [0.2, 0.25) is 0 Å². The maximum atomic E-state index is 13.4. The second-order valence-electron chi connectivity index (χ2n) is 15.1. The fraction of sp³-hybridized carbons (Fsp3) is 0.861. The minimum Gasteiger partial charge on any atom is -0.458 e. The summed E-state index contributed by atoms with van der Waals surface area (Å²) in [5.74, 6) is -4.31. The molecule has 8 nitrogen and oxygen atoms in total. The van der Waals surface area contributed by atoms with Crippen LogP contribution in [0, 0.1) is 35.0 Å². The van der Waals surface area contributed by atoms with Gasteiger partial charge in [0.05, 0.1) is 5.60 Å². The maximum Gasteiger partial charge on any atom is 0.306 e. The molecule has 4 rings (SSSR count). The molecule has 3 saturated carbocycles. The Morgan fingerprint density at radius 1 is 0.977 bits per heavy atom. The molecule has 0 bridgehead atoms. The van der Waals surface area contributed by atoms with Crippen molar-refractivity contribution in [1.29, 1.82) is 0 Å². The summed E-state index contributed by atoms with van der Waals surface area (Å²) in [6, 6.07) is 0. The Morgan fingerprint density at radius 2 is 1.55 bits per heavy atom. The SMILES string of the molecule is CCCCCCCCCCCCCC(=O)OC1C(C)C2(O)C(CC(CO)CC3(O)C(=O)C(C)=CC32)C2C(C)(C)C12OC(C)=O. The molecule has 0 amide bonds. The summed E-state index contributed by atoms with van der Waals surface area (Å²) < 4.78 is 12.3. The molecule has 4 aliphatic rings. The first-order chi connectivity index (χ1) is 20.7. The molecule has 9 unspecified atom stereocenters. The van der Waals surface area contributed by atoms with Crippen LogP contribution in [-0.2, 0) is 23.9 Å². The number of carbonyl (C=O) groups excluding carboxylic acids is 3. The summed E-state index contributed by atoms with van der Waals surface area (Å²) in [6.07, 6.45) is 14.2. The average molecular weight is 619 g/mol. The van der Waals surface area contributed by atoms with Crippen LogP contribution in [-0.4, -0.2) is 62.6 Å². The molecule has 8 heteroatoms. The van der Waals surface area contributed by atoms with Crippen molar-refractivity contribution in [3.8, 4) is 0 Å². The number of fused-ring (bicyclic) bond motifs is 5. The van der Waals surface area contributed by atoms with Gasteiger partial charge in [0.25, 0.3) is 0 Å². The van der Waals surface area contributed by atoms with Gasteiger partial charge in [0.1, 0.15) is 11.7 Å². The third-order valence-corrected chi connectivity index (χ3v) is 11.9. The molecule has 0 radical (unpaired) electrons. The standard InChI is InChI=1S/C36H58O8/c1-7-8-9-10-11-12-13-14-15-16-17-18-29(39)43-32-24(3)35(42)27(30-33(5,6)36(30,32)44-25(4)38)20-26(22-37)21-34(41)28(35)19-23(2)31(34)40/h19,24,26-28,30,32,37,41-42H,7-18,20-22H2,1-6H3. The van der Waals surface area contributed by atoms with Gasteiger partial charge in [-0.25, -0.2) is 0 Å². The Morgan fingerprint density at radius 3 is 2.09 bits per heavy atom. The molecule has 0 aromatic carbocycles. The zero-order chi connectivity index (χ0) is 32.5. The molecule has 250 valence electrons. The zero-order valence-corrected chi connectivity index (χ0v) is 28.0. The number of aliphatic hydroxyl groups is 3. The minimum atomic E-state index is -1.86. The normalized spacial score (nSPS) is 38.6. The first-order valence-corrected chi connectivity index (χ1v) is 17.4. The molecule has 0 aliphatic heterocycles. The zero-order valence-electron chi connectivity index (χ0n) is 28.0. The van der Waals surface area contributed by atoms with Crippen LogP contribution in [0.4, 0.5) is 0 Å². The van der Waals surface area contributed by atoms with E-state index in [0.29, 0.717) is 18.4 Å². The largest absolute Gasteiger partial charge is 0.458 e. The minimum absolute atomic E-state index is 0.0311. The summed E-state index contributed by atoms with van der Waals surface area (Å²) >= 11 is 0. The second-order valence-corrected chi connectivity index (χ2v) is 15.1. The smallest absolute Gasteiger partial charge is 0.306 e. The Labute approximate surface area is 264 Å². The monoisotopic (exact) mass is 618 g/mol. The number of hydrogen-bond donors (Lipinski definition) is 3. The fourth-order valence-electron chi connectivity index (χ4n) is 9.72. The van der Waals surface area contributed by atoms with Crippen LogP contribution in [0.1, 0.15) is 131 Å². The predicted octanol–water partition coefficient (Wildman–Crippen LogP) is 5.83. The van der Waals surface area contributed by atoms with E-state index in [1.54, 1.807) is 19.9 Å². The molecule has 3 N–H and O–H groups in total. The van der Waals surface area contributed by atoms with Crippen molar-refractivity contribution >= 4 is 17.7 Å². The van der Waals surface area contributed by atoms with Crippen molar-refractivity contribution in [1.82, 2.24) is 0 Å². The molecule has 4 aliphatic carbocycles. The number of rotatable bonds is 15. The highest BCUT2D eigenvalue weighted by atomic mass is 16.6. The number of aliphatic hydroxyl groups excluding tert-OH is 1. The van der Waals surface area contributed by atoms with Gasteiger partial charge >= 0.3 is 11.9 Å². The van der Waals surface area contributed by atoms with Gasteiger partial charge in [-0.15, -0.1) is 0 Å². The van der Waals surface area contributed by atoms with Crippen molar-refractivity contribution in [2.75, 3.05) is 6.61 Å². The van der Waals surface area contributed by atoms with Crippen molar-refractivity contribution in [2.45, 2.75) is 154 Å². The molecule has 3 fully saturated rings. The van der Waals surface area contributed by atoms with Gasteiger partial charge in [-0.2, -0.15) is 0 Å². The first kappa shape index (κ1) is 35.1. The molecule has 0 heterocycles.